The number of ether oxygens (including phenoxy) is 1. The van der Waals surface area contributed by atoms with Crippen molar-refractivity contribution in [3.63, 3.8) is 0 Å². The standard InChI is InChI=1S/C20H29N3O3/c1-5-8-13-26-19(24)17-14(4)21-20(25)22-18(17)15-9-11-16(12-10-15)23(6-2)7-3/h9-12,18H,5-8,13H2,1-4H3,(H2,21,22,25)/t18-/m0/s1. The van der Waals surface area contributed by atoms with Crippen molar-refractivity contribution in [3.05, 3.63) is 41.1 Å². The number of nitrogens with zero attached hydrogens (tertiary/aromatic N) is 1. The Labute approximate surface area is 155 Å². The lowest BCUT2D eigenvalue weighted by Crippen LogP contribution is -2.45. The van der Waals surface area contributed by atoms with E-state index in [-0.39, 0.29) is 12.0 Å². The van der Waals surface area contributed by atoms with Crippen LogP contribution in [-0.4, -0.2) is 31.7 Å². The van der Waals surface area contributed by atoms with Gasteiger partial charge in [-0.15, -0.1) is 0 Å². The number of allylic oxidation sites excluding steroid dienone is 1. The van der Waals surface area contributed by atoms with E-state index in [0.29, 0.717) is 17.9 Å². The number of carbonyl (C=O) groups excluding carboxylic acids is 2. The highest BCUT2D eigenvalue weighted by Crippen LogP contribution is 2.29. The highest BCUT2D eigenvalue weighted by molar-refractivity contribution is 5.95. The van der Waals surface area contributed by atoms with Crippen LogP contribution in [0, 0.1) is 0 Å². The lowest BCUT2D eigenvalue weighted by molar-refractivity contribution is -0.139. The normalized spacial score (nSPS) is 16.8. The lowest BCUT2D eigenvalue weighted by Gasteiger charge is -2.29. The summed E-state index contributed by atoms with van der Waals surface area (Å²) >= 11 is 0. The predicted octanol–water partition coefficient (Wildman–Crippen LogP) is 3.50. The molecule has 0 saturated heterocycles. The van der Waals surface area contributed by atoms with Gasteiger partial charge >= 0.3 is 12.0 Å². The number of anilines is 1. The van der Waals surface area contributed by atoms with E-state index in [1.807, 2.05) is 31.2 Å². The van der Waals surface area contributed by atoms with E-state index in [1.165, 1.54) is 0 Å². The maximum absolute atomic E-state index is 12.6. The van der Waals surface area contributed by atoms with Gasteiger partial charge in [0, 0.05) is 24.5 Å². The second-order valence-corrected chi connectivity index (χ2v) is 6.32. The van der Waals surface area contributed by atoms with Crippen LogP contribution in [0.25, 0.3) is 0 Å². The van der Waals surface area contributed by atoms with Crippen LogP contribution in [0.2, 0.25) is 0 Å². The Balaban J connectivity index is 2.27. The zero-order valence-electron chi connectivity index (χ0n) is 16.1. The van der Waals surface area contributed by atoms with Crippen molar-refractivity contribution in [1.82, 2.24) is 10.6 Å². The summed E-state index contributed by atoms with van der Waals surface area (Å²) in [6.45, 7) is 10.2. The second-order valence-electron chi connectivity index (χ2n) is 6.32. The number of esters is 1. The fraction of sp³-hybridized carbons (Fsp3) is 0.500. The molecule has 0 aliphatic carbocycles. The van der Waals surface area contributed by atoms with Crippen molar-refractivity contribution in [2.75, 3.05) is 24.6 Å². The van der Waals surface area contributed by atoms with Gasteiger partial charge in [0.2, 0.25) is 0 Å². The number of unbranched alkanes of at least 4 members (excludes halogenated alkanes) is 1. The fourth-order valence-corrected chi connectivity index (χ4v) is 3.07. The quantitative estimate of drug-likeness (QED) is 0.550. The summed E-state index contributed by atoms with van der Waals surface area (Å²) in [4.78, 5) is 26.7. The highest BCUT2D eigenvalue weighted by Gasteiger charge is 2.32. The minimum atomic E-state index is -0.511. The molecule has 0 radical (unpaired) electrons. The van der Waals surface area contributed by atoms with Crippen molar-refractivity contribution in [2.45, 2.75) is 46.6 Å². The smallest absolute Gasteiger partial charge is 0.338 e. The molecule has 26 heavy (non-hydrogen) atoms. The molecule has 6 nitrogen and oxygen atoms in total. The number of benzene rings is 1. The zero-order valence-corrected chi connectivity index (χ0v) is 16.1. The molecule has 1 heterocycles. The minimum Gasteiger partial charge on any atom is -0.462 e. The van der Waals surface area contributed by atoms with Gasteiger partial charge in [0.05, 0.1) is 18.2 Å². The molecule has 0 bridgehead atoms. The van der Waals surface area contributed by atoms with Gasteiger partial charge in [-0.25, -0.2) is 9.59 Å². The van der Waals surface area contributed by atoms with Gasteiger partial charge in [-0.05, 0) is 44.9 Å². The van der Waals surface area contributed by atoms with E-state index in [0.717, 1.165) is 37.2 Å². The van der Waals surface area contributed by atoms with Crippen LogP contribution in [0.5, 0.6) is 0 Å². The Bertz CT molecular complexity index is 663. The first-order valence-corrected chi connectivity index (χ1v) is 9.32. The predicted molar refractivity (Wildman–Crippen MR) is 103 cm³/mol. The minimum absolute atomic E-state index is 0.314. The summed E-state index contributed by atoms with van der Waals surface area (Å²) in [6.07, 6.45) is 1.78. The SMILES string of the molecule is CCCCOC(=O)C1=C(C)NC(=O)N[C@H]1c1ccc(N(CC)CC)cc1. The van der Waals surface area contributed by atoms with E-state index < -0.39 is 6.04 Å². The maximum atomic E-state index is 12.6. The molecular formula is C20H29N3O3. The van der Waals surface area contributed by atoms with E-state index >= 15 is 0 Å². The third-order valence-electron chi connectivity index (χ3n) is 4.58. The van der Waals surface area contributed by atoms with E-state index in [9.17, 15) is 9.59 Å². The van der Waals surface area contributed by atoms with Gasteiger partial charge in [-0.2, -0.15) is 0 Å². The van der Waals surface area contributed by atoms with Gasteiger partial charge in [0.15, 0.2) is 0 Å². The average molecular weight is 359 g/mol. The summed E-state index contributed by atoms with van der Waals surface area (Å²) < 4.78 is 5.38. The van der Waals surface area contributed by atoms with Crippen molar-refractivity contribution in [2.24, 2.45) is 0 Å². The van der Waals surface area contributed by atoms with E-state index in [2.05, 4.69) is 29.4 Å². The van der Waals surface area contributed by atoms with Crippen LogP contribution in [0.15, 0.2) is 35.5 Å². The molecule has 0 saturated carbocycles. The first-order valence-electron chi connectivity index (χ1n) is 9.32. The van der Waals surface area contributed by atoms with Crippen LogP contribution < -0.4 is 15.5 Å². The Hall–Kier alpha value is -2.50. The molecule has 2 N–H and O–H groups in total. The fourth-order valence-electron chi connectivity index (χ4n) is 3.07. The molecule has 0 fully saturated rings. The second kappa shape index (κ2) is 9.27. The molecule has 6 heteroatoms. The average Bonchev–Trinajstić information content (AvgIpc) is 2.62. The van der Waals surface area contributed by atoms with E-state index in [1.54, 1.807) is 6.92 Å². The van der Waals surface area contributed by atoms with E-state index in [4.69, 9.17) is 4.74 Å². The van der Waals surface area contributed by atoms with Gasteiger partial charge < -0.3 is 20.3 Å². The number of rotatable bonds is 8. The summed E-state index contributed by atoms with van der Waals surface area (Å²) in [5.74, 6) is -0.388. The largest absolute Gasteiger partial charge is 0.462 e. The lowest BCUT2D eigenvalue weighted by atomic mass is 9.95. The third kappa shape index (κ3) is 4.56. The molecule has 142 valence electrons. The molecule has 1 aliphatic rings. The first kappa shape index (κ1) is 19.8. The van der Waals surface area contributed by atoms with Crippen LogP contribution in [0.3, 0.4) is 0 Å². The van der Waals surface area contributed by atoms with Crippen LogP contribution >= 0.6 is 0 Å². The molecule has 0 aromatic heterocycles. The Morgan fingerprint density at radius 2 is 1.81 bits per heavy atom. The number of carbonyl (C=O) groups is 2. The van der Waals surface area contributed by atoms with Gasteiger partial charge in [0.25, 0.3) is 0 Å². The Morgan fingerprint density at radius 1 is 1.15 bits per heavy atom. The molecule has 0 spiro atoms. The van der Waals surface area contributed by atoms with Crippen molar-refractivity contribution >= 4 is 17.7 Å². The number of hydrogen-bond donors (Lipinski definition) is 2. The third-order valence-corrected chi connectivity index (χ3v) is 4.58. The van der Waals surface area contributed by atoms with Gasteiger partial charge in [-0.1, -0.05) is 25.5 Å². The molecule has 2 amide bonds. The first-order chi connectivity index (χ1) is 12.5. The highest BCUT2D eigenvalue weighted by atomic mass is 16.5. The van der Waals surface area contributed by atoms with Crippen molar-refractivity contribution < 1.29 is 14.3 Å². The molecule has 1 aromatic rings. The summed E-state index contributed by atoms with van der Waals surface area (Å²) in [5.41, 5.74) is 2.97. The van der Waals surface area contributed by atoms with Crippen molar-refractivity contribution in [3.8, 4) is 0 Å². The van der Waals surface area contributed by atoms with Crippen molar-refractivity contribution in [1.29, 1.82) is 0 Å². The maximum Gasteiger partial charge on any atom is 0.338 e. The Morgan fingerprint density at radius 3 is 2.38 bits per heavy atom. The molecular weight excluding hydrogens is 330 g/mol. The molecule has 1 atom stereocenters. The summed E-state index contributed by atoms with van der Waals surface area (Å²) in [6, 6.07) is 7.12. The summed E-state index contributed by atoms with van der Waals surface area (Å²) in [5, 5.41) is 5.51. The van der Waals surface area contributed by atoms with Gasteiger partial charge in [0.1, 0.15) is 0 Å². The van der Waals surface area contributed by atoms with Crippen LogP contribution in [0.4, 0.5) is 10.5 Å². The Kier molecular flexibility index (Phi) is 7.06. The molecule has 1 aromatic carbocycles. The molecule has 0 unspecified atom stereocenters. The van der Waals surface area contributed by atoms with Crippen LogP contribution in [0.1, 0.15) is 52.1 Å². The number of hydrogen-bond acceptors (Lipinski definition) is 4. The number of amides is 2. The molecule has 2 rings (SSSR count). The summed E-state index contributed by atoms with van der Waals surface area (Å²) in [7, 11) is 0. The van der Waals surface area contributed by atoms with Crippen LogP contribution in [-0.2, 0) is 9.53 Å². The number of urea groups is 1. The number of nitrogens with one attached hydrogen (secondary N) is 2. The monoisotopic (exact) mass is 359 g/mol. The van der Waals surface area contributed by atoms with Gasteiger partial charge in [-0.3, -0.25) is 0 Å². The topological polar surface area (TPSA) is 70.7 Å². The molecule has 1 aliphatic heterocycles. The zero-order chi connectivity index (χ0) is 19.1.